The van der Waals surface area contributed by atoms with E-state index in [1.807, 2.05) is 0 Å². The second kappa shape index (κ2) is 8.77. The fourth-order valence-corrected chi connectivity index (χ4v) is 9.82. The van der Waals surface area contributed by atoms with Gasteiger partial charge in [0, 0.05) is 17.9 Å². The molecule has 2 aliphatic heterocycles. The molecule has 12 atom stereocenters. The zero-order valence-electron chi connectivity index (χ0n) is 22.0. The van der Waals surface area contributed by atoms with Crippen molar-refractivity contribution in [1.82, 2.24) is 0 Å². The molecule has 0 aromatic heterocycles. The maximum Gasteiger partial charge on any atom is 0.331 e. The molecule has 6 rings (SSSR count). The average Bonchev–Trinajstić information content (AvgIpc) is 3.37. The standard InChI is InChI=1S/C29H44O7/c1-16-26(32)23(30)14-25(35-16)36-19-6-9-27(2)18(13-19)4-5-22-21(27)7-10-28(3)20(8-11-29(22,28)33)17-12-24(31)34-15-17/h12,16,18-23,25-26,30,32-33H,4-11,13-15H2,1-3H3/t16-,18+,19-,20+,21-,22+,23-,25+,26-,27-,28+,29-/m0/s1. The van der Waals surface area contributed by atoms with Crippen molar-refractivity contribution >= 4 is 5.97 Å². The van der Waals surface area contributed by atoms with Crippen LogP contribution in [-0.2, 0) is 19.0 Å². The third kappa shape index (κ3) is 3.67. The Morgan fingerprint density at radius 3 is 2.53 bits per heavy atom. The van der Waals surface area contributed by atoms with Crippen LogP contribution in [0, 0.1) is 34.5 Å². The van der Waals surface area contributed by atoms with Gasteiger partial charge in [-0.2, -0.15) is 0 Å². The normalized spacial score (nSPS) is 54.8. The van der Waals surface area contributed by atoms with E-state index < -0.39 is 30.2 Å². The topological polar surface area (TPSA) is 105 Å². The van der Waals surface area contributed by atoms with E-state index >= 15 is 0 Å². The summed E-state index contributed by atoms with van der Waals surface area (Å²) in [7, 11) is 0. The van der Waals surface area contributed by atoms with Crippen LogP contribution in [0.5, 0.6) is 0 Å². The molecule has 0 aromatic carbocycles. The van der Waals surface area contributed by atoms with Crippen LogP contribution in [0.4, 0.5) is 0 Å². The molecule has 7 heteroatoms. The second-order valence-corrected chi connectivity index (χ2v) is 13.4. The van der Waals surface area contributed by atoms with E-state index in [0.29, 0.717) is 30.8 Å². The summed E-state index contributed by atoms with van der Waals surface area (Å²) in [5.74, 6) is 1.37. The van der Waals surface area contributed by atoms with Gasteiger partial charge >= 0.3 is 5.97 Å². The maximum atomic E-state index is 12.4. The molecule has 36 heavy (non-hydrogen) atoms. The van der Waals surface area contributed by atoms with Crippen LogP contribution in [0.2, 0.25) is 0 Å². The highest BCUT2D eigenvalue weighted by molar-refractivity contribution is 5.85. The Balaban J connectivity index is 1.15. The van der Waals surface area contributed by atoms with Crippen LogP contribution in [0.15, 0.2) is 11.6 Å². The first kappa shape index (κ1) is 25.3. The Bertz CT molecular complexity index is 907. The number of esters is 1. The van der Waals surface area contributed by atoms with Gasteiger partial charge in [0.05, 0.1) is 23.9 Å². The predicted octanol–water partition coefficient (Wildman–Crippen LogP) is 3.49. The van der Waals surface area contributed by atoms with Gasteiger partial charge in [-0.05, 0) is 99.4 Å². The van der Waals surface area contributed by atoms with Crippen molar-refractivity contribution in [2.45, 2.75) is 121 Å². The summed E-state index contributed by atoms with van der Waals surface area (Å²) < 4.78 is 17.4. The molecule has 0 bridgehead atoms. The molecule has 5 fully saturated rings. The largest absolute Gasteiger partial charge is 0.458 e. The van der Waals surface area contributed by atoms with E-state index in [-0.39, 0.29) is 28.8 Å². The number of carbonyl (C=O) groups excluding carboxylic acids is 1. The third-order valence-corrected chi connectivity index (χ3v) is 12.0. The van der Waals surface area contributed by atoms with Gasteiger partial charge in [0.15, 0.2) is 6.29 Å². The van der Waals surface area contributed by atoms with Crippen molar-refractivity contribution in [3.8, 4) is 0 Å². The highest BCUT2D eigenvalue weighted by Gasteiger charge is 2.67. The van der Waals surface area contributed by atoms with E-state index in [1.165, 1.54) is 0 Å². The fourth-order valence-electron chi connectivity index (χ4n) is 9.82. The molecule has 4 saturated carbocycles. The Hall–Kier alpha value is -0.990. The van der Waals surface area contributed by atoms with Crippen LogP contribution in [0.1, 0.15) is 85.0 Å². The molecule has 7 nitrogen and oxygen atoms in total. The highest BCUT2D eigenvalue weighted by atomic mass is 16.7. The molecule has 0 aromatic rings. The molecule has 0 amide bonds. The van der Waals surface area contributed by atoms with E-state index in [0.717, 1.165) is 63.4 Å². The third-order valence-electron chi connectivity index (χ3n) is 12.0. The lowest BCUT2D eigenvalue weighted by Gasteiger charge is -2.63. The van der Waals surface area contributed by atoms with Gasteiger partial charge in [0.1, 0.15) is 12.7 Å². The fraction of sp³-hybridized carbons (Fsp3) is 0.897. The van der Waals surface area contributed by atoms with Gasteiger partial charge in [-0.15, -0.1) is 0 Å². The number of ether oxygens (including phenoxy) is 3. The number of carbonyl (C=O) groups is 1. The van der Waals surface area contributed by atoms with Gasteiger partial charge in [0.2, 0.25) is 0 Å². The molecule has 3 N–H and O–H groups in total. The Morgan fingerprint density at radius 2 is 1.81 bits per heavy atom. The first-order chi connectivity index (χ1) is 17.0. The average molecular weight is 505 g/mol. The number of hydrogen-bond acceptors (Lipinski definition) is 7. The van der Waals surface area contributed by atoms with Crippen molar-refractivity contribution in [2.24, 2.45) is 34.5 Å². The Kier molecular flexibility index (Phi) is 6.16. The van der Waals surface area contributed by atoms with E-state index in [2.05, 4.69) is 13.8 Å². The number of hydrogen-bond donors (Lipinski definition) is 3. The molecule has 6 aliphatic rings. The van der Waals surface area contributed by atoms with E-state index in [4.69, 9.17) is 14.2 Å². The number of cyclic esters (lactones) is 1. The lowest BCUT2D eigenvalue weighted by atomic mass is 9.43. The zero-order valence-corrected chi connectivity index (χ0v) is 22.0. The number of aliphatic hydroxyl groups is 3. The smallest absolute Gasteiger partial charge is 0.331 e. The minimum atomic E-state index is -0.856. The van der Waals surface area contributed by atoms with Crippen LogP contribution < -0.4 is 0 Å². The molecule has 202 valence electrons. The zero-order chi connectivity index (χ0) is 25.5. The van der Waals surface area contributed by atoms with E-state index in [1.54, 1.807) is 13.0 Å². The Morgan fingerprint density at radius 1 is 1.00 bits per heavy atom. The van der Waals surface area contributed by atoms with Gasteiger partial charge in [-0.1, -0.05) is 13.8 Å². The molecule has 1 saturated heterocycles. The van der Waals surface area contributed by atoms with Crippen molar-refractivity contribution in [3.05, 3.63) is 11.6 Å². The minimum Gasteiger partial charge on any atom is -0.458 e. The molecule has 0 radical (unpaired) electrons. The van der Waals surface area contributed by atoms with Crippen LogP contribution >= 0.6 is 0 Å². The first-order valence-electron chi connectivity index (χ1n) is 14.3. The summed E-state index contributed by atoms with van der Waals surface area (Å²) in [6, 6.07) is 0. The first-order valence-corrected chi connectivity index (χ1v) is 14.3. The highest BCUT2D eigenvalue weighted by Crippen LogP contribution is 2.70. The SMILES string of the molecule is C[C@@H]1O[C@H](O[C@H]2CC[C@@]3(C)[C@H](CC[C@@H]4[C@@H]3CC[C@]3(C)[C@@H](C5=CC(=O)OC5)CC[C@]43O)C2)C[C@H](O)[C@H]1O. The lowest BCUT2D eigenvalue weighted by Crippen LogP contribution is -2.62. The monoisotopic (exact) mass is 504 g/mol. The number of rotatable bonds is 3. The maximum absolute atomic E-state index is 12.4. The molecule has 0 spiro atoms. The van der Waals surface area contributed by atoms with Gasteiger partial charge in [0.25, 0.3) is 0 Å². The second-order valence-electron chi connectivity index (χ2n) is 13.4. The van der Waals surface area contributed by atoms with Crippen molar-refractivity contribution < 1.29 is 34.3 Å². The quantitative estimate of drug-likeness (QED) is 0.399. The van der Waals surface area contributed by atoms with Crippen molar-refractivity contribution in [3.63, 3.8) is 0 Å². The summed E-state index contributed by atoms with van der Waals surface area (Å²) in [4.78, 5) is 11.8. The van der Waals surface area contributed by atoms with E-state index in [9.17, 15) is 20.1 Å². The number of aliphatic hydroxyl groups excluding tert-OH is 2. The van der Waals surface area contributed by atoms with Crippen LogP contribution in [0.25, 0.3) is 0 Å². The van der Waals surface area contributed by atoms with Crippen molar-refractivity contribution in [2.75, 3.05) is 6.61 Å². The lowest BCUT2D eigenvalue weighted by molar-refractivity contribution is -0.270. The van der Waals surface area contributed by atoms with Gasteiger partial charge < -0.3 is 29.5 Å². The molecule has 2 heterocycles. The minimum absolute atomic E-state index is 0.110. The predicted molar refractivity (Wildman–Crippen MR) is 132 cm³/mol. The van der Waals surface area contributed by atoms with Crippen LogP contribution in [0.3, 0.4) is 0 Å². The summed E-state index contributed by atoms with van der Waals surface area (Å²) in [5, 5.41) is 32.5. The molecular weight excluding hydrogens is 460 g/mol. The van der Waals surface area contributed by atoms with Crippen LogP contribution in [-0.4, -0.2) is 64.2 Å². The van der Waals surface area contributed by atoms with Gasteiger partial charge in [-0.25, -0.2) is 4.79 Å². The molecular formula is C29H44O7. The summed E-state index contributed by atoms with van der Waals surface area (Å²) >= 11 is 0. The Labute approximate surface area is 214 Å². The number of fused-ring (bicyclic) bond motifs is 5. The van der Waals surface area contributed by atoms with Gasteiger partial charge in [-0.3, -0.25) is 0 Å². The molecule has 4 aliphatic carbocycles. The molecule has 0 unspecified atom stereocenters. The summed E-state index contributed by atoms with van der Waals surface area (Å²) in [6.07, 6.45) is 8.64. The summed E-state index contributed by atoms with van der Waals surface area (Å²) in [5.41, 5.74) is 0.404. The van der Waals surface area contributed by atoms with Crippen molar-refractivity contribution in [1.29, 1.82) is 0 Å². The summed E-state index contributed by atoms with van der Waals surface area (Å²) in [6.45, 7) is 6.92.